The van der Waals surface area contributed by atoms with Crippen molar-refractivity contribution < 1.29 is 0 Å². The van der Waals surface area contributed by atoms with Crippen molar-refractivity contribution in [2.24, 2.45) is 4.99 Å². The van der Waals surface area contributed by atoms with E-state index in [9.17, 15) is 0 Å². The van der Waals surface area contributed by atoms with Crippen LogP contribution in [0.25, 0.3) is 0 Å². The average Bonchev–Trinajstić information content (AvgIpc) is 3.04. The third-order valence-electron chi connectivity index (χ3n) is 5.50. The van der Waals surface area contributed by atoms with E-state index in [0.717, 1.165) is 65.4 Å². The zero-order chi connectivity index (χ0) is 19.6. The van der Waals surface area contributed by atoms with Crippen LogP contribution in [0.15, 0.2) is 59.6 Å². The van der Waals surface area contributed by atoms with Gasteiger partial charge in [-0.15, -0.1) is 11.3 Å². The van der Waals surface area contributed by atoms with Crippen LogP contribution in [0.4, 0.5) is 16.4 Å². The molecule has 148 valence electrons. The van der Waals surface area contributed by atoms with Crippen molar-refractivity contribution in [1.82, 2.24) is 15.2 Å². The number of amidine groups is 1. The maximum Gasteiger partial charge on any atom is 0.158 e. The number of piperazine rings is 1. The molecule has 0 saturated carbocycles. The van der Waals surface area contributed by atoms with Gasteiger partial charge in [-0.2, -0.15) is 0 Å². The minimum atomic E-state index is 0.446. The number of hydrogen-bond acceptors (Lipinski definition) is 6. The van der Waals surface area contributed by atoms with E-state index >= 15 is 0 Å². The van der Waals surface area contributed by atoms with E-state index in [2.05, 4.69) is 64.9 Å². The Morgan fingerprint density at radius 1 is 1.10 bits per heavy atom. The highest BCUT2D eigenvalue weighted by atomic mass is 32.1. The van der Waals surface area contributed by atoms with Crippen LogP contribution in [-0.2, 0) is 6.42 Å². The lowest BCUT2D eigenvalue weighted by molar-refractivity contribution is 0.282. The van der Waals surface area contributed by atoms with Crippen LogP contribution >= 0.6 is 11.3 Å². The van der Waals surface area contributed by atoms with Gasteiger partial charge in [0.2, 0.25) is 0 Å². The number of nitrogens with one attached hydrogen (secondary N) is 2. The largest absolute Gasteiger partial charge is 0.352 e. The second-order valence-corrected chi connectivity index (χ2v) is 8.81. The quantitative estimate of drug-likeness (QED) is 0.676. The van der Waals surface area contributed by atoms with Crippen molar-refractivity contribution in [2.45, 2.75) is 25.8 Å². The Morgan fingerprint density at radius 3 is 2.83 bits per heavy atom. The van der Waals surface area contributed by atoms with E-state index in [1.807, 2.05) is 12.1 Å². The average molecular weight is 404 g/mol. The molecule has 1 aromatic heterocycles. The Balaban J connectivity index is 1.40. The van der Waals surface area contributed by atoms with Crippen molar-refractivity contribution in [3.63, 3.8) is 0 Å². The Kier molecular flexibility index (Phi) is 5.04. The SMILES string of the molecule is Cc1nc2c(s1)Nc1ccccc1N=C2N1CCNC(CCc2ccccc2)C1. The van der Waals surface area contributed by atoms with E-state index in [4.69, 9.17) is 9.98 Å². The molecule has 0 amide bonds. The Hall–Kier alpha value is -2.70. The molecule has 1 atom stereocenters. The standard InChI is InChI=1S/C23H25N5S/c1-16-25-21-22(26-19-9-5-6-10-20(19)27-23(21)29-16)28-14-13-24-18(15-28)12-11-17-7-3-2-4-8-17/h2-10,18,24,27H,11-15H2,1H3. The van der Waals surface area contributed by atoms with Gasteiger partial charge in [0.15, 0.2) is 5.84 Å². The molecule has 2 aliphatic heterocycles. The summed E-state index contributed by atoms with van der Waals surface area (Å²) in [5.74, 6) is 0.994. The molecule has 2 aromatic carbocycles. The molecule has 29 heavy (non-hydrogen) atoms. The smallest absolute Gasteiger partial charge is 0.158 e. The monoisotopic (exact) mass is 403 g/mol. The number of fused-ring (bicyclic) bond motifs is 2. The van der Waals surface area contributed by atoms with Gasteiger partial charge in [-0.3, -0.25) is 0 Å². The number of aliphatic imine (C=N–C) groups is 1. The number of hydrogen-bond donors (Lipinski definition) is 2. The first-order chi connectivity index (χ1) is 14.3. The fourth-order valence-electron chi connectivity index (χ4n) is 4.05. The topological polar surface area (TPSA) is 52.6 Å². The van der Waals surface area contributed by atoms with Gasteiger partial charge in [0, 0.05) is 25.7 Å². The summed E-state index contributed by atoms with van der Waals surface area (Å²) in [6, 6.07) is 19.4. The third kappa shape index (κ3) is 3.91. The van der Waals surface area contributed by atoms with Gasteiger partial charge >= 0.3 is 0 Å². The normalized spacial score (nSPS) is 18.3. The highest BCUT2D eigenvalue weighted by Crippen LogP contribution is 2.37. The number of nitrogens with zero attached hydrogens (tertiary/aromatic N) is 3. The predicted octanol–water partition coefficient (Wildman–Crippen LogP) is 4.49. The van der Waals surface area contributed by atoms with Crippen LogP contribution in [0.1, 0.15) is 22.7 Å². The molecular weight excluding hydrogens is 378 g/mol. The van der Waals surface area contributed by atoms with E-state index < -0.39 is 0 Å². The first-order valence-electron chi connectivity index (χ1n) is 10.2. The maximum absolute atomic E-state index is 5.07. The Bertz CT molecular complexity index is 1030. The highest BCUT2D eigenvalue weighted by molar-refractivity contribution is 7.16. The van der Waals surface area contributed by atoms with E-state index in [1.165, 1.54) is 5.56 Å². The molecule has 1 unspecified atom stereocenters. The minimum Gasteiger partial charge on any atom is -0.352 e. The summed E-state index contributed by atoms with van der Waals surface area (Å²) >= 11 is 1.70. The molecule has 6 heteroatoms. The Morgan fingerprint density at radius 2 is 1.93 bits per heavy atom. The number of para-hydroxylation sites is 2. The summed E-state index contributed by atoms with van der Waals surface area (Å²) in [6.45, 7) is 4.92. The van der Waals surface area contributed by atoms with E-state index in [-0.39, 0.29) is 0 Å². The number of aromatic nitrogens is 1. The lowest BCUT2D eigenvalue weighted by atomic mass is 10.0. The van der Waals surface area contributed by atoms with Gasteiger partial charge < -0.3 is 15.5 Å². The highest BCUT2D eigenvalue weighted by Gasteiger charge is 2.28. The number of benzene rings is 2. The molecule has 2 N–H and O–H groups in total. The zero-order valence-corrected chi connectivity index (χ0v) is 17.4. The van der Waals surface area contributed by atoms with Gasteiger partial charge in [0.05, 0.1) is 16.4 Å². The van der Waals surface area contributed by atoms with Gasteiger partial charge in [-0.05, 0) is 37.5 Å². The van der Waals surface area contributed by atoms with Crippen molar-refractivity contribution in [1.29, 1.82) is 0 Å². The van der Waals surface area contributed by atoms with Crippen molar-refractivity contribution >= 4 is 33.5 Å². The number of thiazole rings is 1. The summed E-state index contributed by atoms with van der Waals surface area (Å²) in [5.41, 5.74) is 4.40. The molecule has 3 heterocycles. The van der Waals surface area contributed by atoms with Gasteiger partial charge in [0.1, 0.15) is 10.7 Å². The van der Waals surface area contributed by atoms with Crippen molar-refractivity contribution in [2.75, 3.05) is 25.0 Å². The molecule has 2 aliphatic rings. The van der Waals surface area contributed by atoms with Gasteiger partial charge in [-0.1, -0.05) is 42.5 Å². The summed E-state index contributed by atoms with van der Waals surface area (Å²) in [5, 5.41) is 9.39. The molecule has 0 bridgehead atoms. The first kappa shape index (κ1) is 18.3. The molecule has 5 rings (SSSR count). The fraction of sp³-hybridized carbons (Fsp3) is 0.304. The second-order valence-electron chi connectivity index (χ2n) is 7.61. The van der Waals surface area contributed by atoms with Gasteiger partial charge in [-0.25, -0.2) is 9.98 Å². The van der Waals surface area contributed by atoms with E-state index in [1.54, 1.807) is 11.3 Å². The predicted molar refractivity (Wildman–Crippen MR) is 121 cm³/mol. The summed E-state index contributed by atoms with van der Waals surface area (Å²) < 4.78 is 0. The van der Waals surface area contributed by atoms with E-state index in [0.29, 0.717) is 6.04 Å². The minimum absolute atomic E-state index is 0.446. The maximum atomic E-state index is 5.07. The van der Waals surface area contributed by atoms with Crippen LogP contribution < -0.4 is 10.6 Å². The molecule has 0 aliphatic carbocycles. The molecule has 1 saturated heterocycles. The van der Waals surface area contributed by atoms with Crippen LogP contribution in [0, 0.1) is 6.92 Å². The number of rotatable bonds is 3. The summed E-state index contributed by atoms with van der Waals surface area (Å²) in [7, 11) is 0. The molecular formula is C23H25N5S. The number of aryl methyl sites for hydroxylation is 2. The molecule has 3 aromatic rings. The molecule has 5 nitrogen and oxygen atoms in total. The van der Waals surface area contributed by atoms with Gasteiger partial charge in [0.25, 0.3) is 0 Å². The van der Waals surface area contributed by atoms with Crippen LogP contribution in [0.5, 0.6) is 0 Å². The van der Waals surface area contributed by atoms with Crippen LogP contribution in [-0.4, -0.2) is 41.4 Å². The Labute approximate surface area is 175 Å². The fourth-order valence-corrected chi connectivity index (χ4v) is 4.87. The molecule has 0 spiro atoms. The van der Waals surface area contributed by atoms with Crippen molar-refractivity contribution in [3.05, 3.63) is 70.9 Å². The lowest BCUT2D eigenvalue weighted by Crippen LogP contribution is -2.53. The van der Waals surface area contributed by atoms with Crippen LogP contribution in [0.2, 0.25) is 0 Å². The lowest BCUT2D eigenvalue weighted by Gasteiger charge is -2.35. The second kappa shape index (κ2) is 7.97. The number of anilines is 2. The van der Waals surface area contributed by atoms with Crippen molar-refractivity contribution in [3.8, 4) is 0 Å². The third-order valence-corrected chi connectivity index (χ3v) is 6.39. The molecule has 0 radical (unpaired) electrons. The summed E-state index contributed by atoms with van der Waals surface area (Å²) in [6.07, 6.45) is 2.20. The van der Waals surface area contributed by atoms with Crippen LogP contribution in [0.3, 0.4) is 0 Å². The molecule has 1 fully saturated rings. The zero-order valence-electron chi connectivity index (χ0n) is 16.6. The summed E-state index contributed by atoms with van der Waals surface area (Å²) in [4.78, 5) is 12.3. The first-order valence-corrected chi connectivity index (χ1v) is 11.0.